The first-order valence-corrected chi connectivity index (χ1v) is 20.0. The van der Waals surface area contributed by atoms with Gasteiger partial charge in [0.2, 0.25) is 11.8 Å². The zero-order chi connectivity index (χ0) is 38.3. The molecule has 0 bridgehead atoms. The van der Waals surface area contributed by atoms with Gasteiger partial charge in [0.05, 0.1) is 4.90 Å². The SMILES string of the molecule is CS(=O)(=O)c1ccc(-c2ccc3cc(O)ccc3c2Oc2ccc(OCCN3CCN(c4cccc5c(O)n(C6CCC(=O)NC6=O)cc45)CC3)cc2)cc1. The molecule has 8 rings (SSSR count). The zero-order valence-electron chi connectivity index (χ0n) is 30.1. The maximum Gasteiger partial charge on any atom is 0.249 e. The predicted octanol–water partition coefficient (Wildman–Crippen LogP) is 6.25. The molecule has 0 spiro atoms. The van der Waals surface area contributed by atoms with Gasteiger partial charge in [0.25, 0.3) is 0 Å². The second kappa shape index (κ2) is 14.6. The van der Waals surface area contributed by atoms with Crippen LogP contribution >= 0.6 is 0 Å². The molecular formula is C42H40N4O8S. The Balaban J connectivity index is 0.893. The Kier molecular flexibility index (Phi) is 9.57. The van der Waals surface area contributed by atoms with Gasteiger partial charge in [0, 0.05) is 79.0 Å². The number of ether oxygens (including phenoxy) is 2. The molecule has 0 aliphatic carbocycles. The molecule has 55 heavy (non-hydrogen) atoms. The highest BCUT2D eigenvalue weighted by molar-refractivity contribution is 7.90. The van der Waals surface area contributed by atoms with Gasteiger partial charge < -0.3 is 29.2 Å². The number of phenols is 1. The number of piperidine rings is 1. The number of fused-ring (bicyclic) bond motifs is 2. The third-order valence-electron chi connectivity index (χ3n) is 10.4. The van der Waals surface area contributed by atoms with Crippen molar-refractivity contribution in [2.24, 2.45) is 0 Å². The smallest absolute Gasteiger partial charge is 0.249 e. The molecule has 6 aromatic rings. The van der Waals surface area contributed by atoms with E-state index < -0.39 is 21.8 Å². The fourth-order valence-corrected chi connectivity index (χ4v) is 8.05. The van der Waals surface area contributed by atoms with Crippen LogP contribution < -0.4 is 19.7 Å². The van der Waals surface area contributed by atoms with Crippen LogP contribution in [0.2, 0.25) is 0 Å². The highest BCUT2D eigenvalue weighted by atomic mass is 32.2. The molecule has 13 heteroatoms. The maximum atomic E-state index is 12.5. The molecule has 0 radical (unpaired) electrons. The van der Waals surface area contributed by atoms with Crippen LogP contribution in [0.4, 0.5) is 5.69 Å². The summed E-state index contributed by atoms with van der Waals surface area (Å²) in [6, 6.07) is 28.1. The molecule has 12 nitrogen and oxygen atoms in total. The summed E-state index contributed by atoms with van der Waals surface area (Å²) in [5, 5.41) is 26.6. The molecule has 5 aromatic carbocycles. The van der Waals surface area contributed by atoms with Crippen molar-refractivity contribution in [3.05, 3.63) is 103 Å². The number of hydrogen-bond acceptors (Lipinski definition) is 10. The van der Waals surface area contributed by atoms with Gasteiger partial charge in [-0.05, 0) is 90.2 Å². The topological polar surface area (TPSA) is 151 Å². The van der Waals surface area contributed by atoms with Gasteiger partial charge in [0.1, 0.15) is 35.6 Å². The van der Waals surface area contributed by atoms with Crippen molar-refractivity contribution in [3.8, 4) is 40.0 Å². The van der Waals surface area contributed by atoms with E-state index in [-0.39, 0.29) is 28.9 Å². The first-order valence-electron chi connectivity index (χ1n) is 18.1. The summed E-state index contributed by atoms with van der Waals surface area (Å²) in [5.41, 5.74) is 2.56. The Morgan fingerprint density at radius 2 is 1.56 bits per heavy atom. The molecular weight excluding hydrogens is 721 g/mol. The average Bonchev–Trinajstić information content (AvgIpc) is 3.51. The van der Waals surface area contributed by atoms with Crippen molar-refractivity contribution < 1.29 is 37.7 Å². The van der Waals surface area contributed by atoms with E-state index in [1.54, 1.807) is 47.0 Å². The van der Waals surface area contributed by atoms with Crippen LogP contribution in [0, 0.1) is 0 Å². The molecule has 282 valence electrons. The van der Waals surface area contributed by atoms with E-state index in [0.29, 0.717) is 35.7 Å². The molecule has 1 unspecified atom stereocenters. The first kappa shape index (κ1) is 36.0. The Morgan fingerprint density at radius 3 is 2.29 bits per heavy atom. The second-order valence-electron chi connectivity index (χ2n) is 14.0. The van der Waals surface area contributed by atoms with E-state index in [2.05, 4.69) is 15.1 Å². The van der Waals surface area contributed by atoms with Crippen LogP contribution in [0.15, 0.2) is 108 Å². The molecule has 3 heterocycles. The molecule has 1 aromatic heterocycles. The number of nitrogens with zero attached hydrogens (tertiary/aromatic N) is 3. The van der Waals surface area contributed by atoms with Gasteiger partial charge >= 0.3 is 0 Å². The van der Waals surface area contributed by atoms with E-state index in [1.807, 2.05) is 60.8 Å². The first-order chi connectivity index (χ1) is 26.5. The van der Waals surface area contributed by atoms with Crippen molar-refractivity contribution in [2.45, 2.75) is 23.8 Å². The van der Waals surface area contributed by atoms with Crippen molar-refractivity contribution in [2.75, 3.05) is 50.5 Å². The van der Waals surface area contributed by atoms with Crippen molar-refractivity contribution in [1.29, 1.82) is 0 Å². The third kappa shape index (κ3) is 7.40. The maximum absolute atomic E-state index is 12.5. The Hall–Kier alpha value is -6.05. The van der Waals surface area contributed by atoms with Gasteiger partial charge in [-0.3, -0.25) is 19.8 Å². The number of hydrogen-bond donors (Lipinski definition) is 3. The number of phenolic OH excluding ortho intramolecular Hbond substituents is 1. The second-order valence-corrected chi connectivity index (χ2v) is 16.0. The molecule has 2 saturated heterocycles. The molecule has 0 saturated carbocycles. The lowest BCUT2D eigenvalue weighted by Gasteiger charge is -2.36. The number of amides is 2. The molecule has 2 aliphatic rings. The lowest BCUT2D eigenvalue weighted by Crippen LogP contribution is -2.47. The van der Waals surface area contributed by atoms with E-state index in [9.17, 15) is 28.2 Å². The number of carbonyl (C=O) groups excluding carboxylic acids is 2. The summed E-state index contributed by atoms with van der Waals surface area (Å²) in [4.78, 5) is 29.1. The Labute approximate surface area is 318 Å². The number of carbonyl (C=O) groups is 2. The van der Waals surface area contributed by atoms with Gasteiger partial charge in [-0.15, -0.1) is 0 Å². The number of aromatic hydroxyl groups is 2. The number of anilines is 1. The fourth-order valence-electron chi connectivity index (χ4n) is 7.42. The van der Waals surface area contributed by atoms with Crippen LogP contribution in [0.1, 0.15) is 18.9 Å². The van der Waals surface area contributed by atoms with E-state index in [0.717, 1.165) is 65.7 Å². The molecule has 3 N–H and O–H groups in total. The zero-order valence-corrected chi connectivity index (χ0v) is 31.0. The highest BCUT2D eigenvalue weighted by Gasteiger charge is 2.31. The molecule has 2 amide bonds. The number of nitrogens with one attached hydrogen (secondary N) is 1. The summed E-state index contributed by atoms with van der Waals surface area (Å²) in [6.45, 7) is 4.47. The van der Waals surface area contributed by atoms with Crippen LogP contribution in [-0.2, 0) is 19.4 Å². The molecule has 1 atom stereocenters. The molecule has 2 aliphatic heterocycles. The standard InChI is InChI=1S/C42H40N4O8S/c1-55(51,52)32-13-5-27(6-14-32)33-15-7-28-25-29(47)8-16-34(28)40(33)54-31-11-9-30(10-12-31)53-24-23-44-19-21-45(22-20-44)37-4-2-3-35-36(37)26-46(42(35)50)38-17-18-39(48)43-41(38)49/h2-16,25-26,38,47,50H,17-24H2,1H3,(H,43,48,49). The van der Waals surface area contributed by atoms with Crippen LogP contribution in [0.5, 0.6) is 28.9 Å². The summed E-state index contributed by atoms with van der Waals surface area (Å²) in [7, 11) is -3.34. The third-order valence-corrected chi connectivity index (χ3v) is 11.5. The number of piperazine rings is 1. The van der Waals surface area contributed by atoms with Gasteiger partial charge in [-0.2, -0.15) is 0 Å². The summed E-state index contributed by atoms with van der Waals surface area (Å²) in [5.74, 6) is 1.36. The monoisotopic (exact) mass is 760 g/mol. The van der Waals surface area contributed by atoms with E-state index in [4.69, 9.17) is 9.47 Å². The normalized spacial score (nSPS) is 16.7. The quantitative estimate of drug-likeness (QED) is 0.137. The summed E-state index contributed by atoms with van der Waals surface area (Å²) in [6.07, 6.45) is 3.58. The van der Waals surface area contributed by atoms with Crippen LogP contribution in [0.3, 0.4) is 0 Å². The van der Waals surface area contributed by atoms with Crippen molar-refractivity contribution in [3.63, 3.8) is 0 Å². The van der Waals surface area contributed by atoms with Gasteiger partial charge in [-0.1, -0.05) is 24.3 Å². The largest absolute Gasteiger partial charge is 0.508 e. The minimum Gasteiger partial charge on any atom is -0.508 e. The van der Waals surface area contributed by atoms with Gasteiger partial charge in [-0.25, -0.2) is 8.42 Å². The number of aromatic nitrogens is 1. The number of imide groups is 1. The number of sulfone groups is 1. The summed E-state index contributed by atoms with van der Waals surface area (Å²) >= 11 is 0. The lowest BCUT2D eigenvalue weighted by atomic mass is 9.99. The highest BCUT2D eigenvalue weighted by Crippen LogP contribution is 2.41. The summed E-state index contributed by atoms with van der Waals surface area (Å²) < 4.78 is 38.3. The minimum atomic E-state index is -3.34. The molecule has 2 fully saturated rings. The average molecular weight is 761 g/mol. The number of benzene rings is 5. The lowest BCUT2D eigenvalue weighted by molar-refractivity contribution is -0.135. The van der Waals surface area contributed by atoms with Crippen LogP contribution in [-0.4, -0.2) is 85.5 Å². The number of rotatable bonds is 10. The van der Waals surface area contributed by atoms with E-state index >= 15 is 0 Å². The Morgan fingerprint density at radius 1 is 0.818 bits per heavy atom. The Bertz CT molecular complexity index is 2530. The van der Waals surface area contributed by atoms with Crippen molar-refractivity contribution in [1.82, 2.24) is 14.8 Å². The van der Waals surface area contributed by atoms with Crippen molar-refractivity contribution >= 4 is 48.9 Å². The van der Waals surface area contributed by atoms with E-state index in [1.165, 1.54) is 6.26 Å². The van der Waals surface area contributed by atoms with Crippen LogP contribution in [0.25, 0.3) is 32.7 Å². The minimum absolute atomic E-state index is 0.0278. The fraction of sp³-hybridized carbons (Fsp3) is 0.238. The predicted molar refractivity (Wildman–Crippen MR) is 210 cm³/mol. The van der Waals surface area contributed by atoms with Gasteiger partial charge in [0.15, 0.2) is 15.7 Å².